The summed E-state index contributed by atoms with van der Waals surface area (Å²) in [5.74, 6) is 4.03. The van der Waals surface area contributed by atoms with Crippen molar-refractivity contribution in [3.05, 3.63) is 41.4 Å². The quantitative estimate of drug-likeness (QED) is 0.744. The van der Waals surface area contributed by atoms with Crippen molar-refractivity contribution in [2.75, 3.05) is 0 Å². The van der Waals surface area contributed by atoms with E-state index in [1.807, 2.05) is 30.3 Å². The third-order valence-corrected chi connectivity index (χ3v) is 5.97. The SMILES string of the molecule is CC1CC2CC(C1)CC(C)(c1nc(Cl)nc(-c3ccccc3)n1)C2. The molecule has 2 fully saturated rings. The van der Waals surface area contributed by atoms with Gasteiger partial charge >= 0.3 is 0 Å². The Morgan fingerprint density at radius 3 is 2.29 bits per heavy atom. The minimum absolute atomic E-state index is 0.0177. The second-order valence-electron chi connectivity index (χ2n) is 8.13. The van der Waals surface area contributed by atoms with Gasteiger partial charge in [0.25, 0.3) is 0 Å². The highest BCUT2D eigenvalue weighted by molar-refractivity contribution is 6.28. The molecule has 0 radical (unpaired) electrons. The first-order valence-corrected chi connectivity index (χ1v) is 9.37. The van der Waals surface area contributed by atoms with Gasteiger partial charge < -0.3 is 0 Å². The molecule has 4 heteroatoms. The van der Waals surface area contributed by atoms with E-state index in [0.29, 0.717) is 11.1 Å². The number of fused-ring (bicyclic) bond motifs is 2. The monoisotopic (exact) mass is 341 g/mol. The molecule has 2 unspecified atom stereocenters. The first-order chi connectivity index (χ1) is 11.5. The van der Waals surface area contributed by atoms with Crippen LogP contribution in [0.2, 0.25) is 5.28 Å². The first-order valence-electron chi connectivity index (χ1n) is 8.99. The first kappa shape index (κ1) is 16.0. The number of hydrogen-bond donors (Lipinski definition) is 0. The van der Waals surface area contributed by atoms with Crippen molar-refractivity contribution in [1.29, 1.82) is 0 Å². The smallest absolute Gasteiger partial charge is 0.212 e. The summed E-state index contributed by atoms with van der Waals surface area (Å²) in [4.78, 5) is 13.7. The molecule has 0 spiro atoms. The second-order valence-corrected chi connectivity index (χ2v) is 8.47. The largest absolute Gasteiger partial charge is 0.226 e. The Morgan fingerprint density at radius 2 is 1.62 bits per heavy atom. The van der Waals surface area contributed by atoms with Crippen molar-refractivity contribution in [3.63, 3.8) is 0 Å². The van der Waals surface area contributed by atoms with Crippen LogP contribution in [0.5, 0.6) is 0 Å². The van der Waals surface area contributed by atoms with Gasteiger partial charge in [0.2, 0.25) is 5.28 Å². The molecule has 1 aromatic heterocycles. The summed E-state index contributed by atoms with van der Waals surface area (Å²) >= 11 is 6.26. The topological polar surface area (TPSA) is 38.7 Å². The average molecular weight is 342 g/mol. The van der Waals surface area contributed by atoms with E-state index in [1.165, 1.54) is 32.1 Å². The molecule has 4 rings (SSSR count). The number of nitrogens with zero attached hydrogens (tertiary/aromatic N) is 3. The Kier molecular flexibility index (Phi) is 4.07. The molecule has 3 nitrogen and oxygen atoms in total. The van der Waals surface area contributed by atoms with Crippen molar-refractivity contribution < 1.29 is 0 Å². The van der Waals surface area contributed by atoms with E-state index in [0.717, 1.165) is 29.1 Å². The van der Waals surface area contributed by atoms with Gasteiger partial charge in [-0.05, 0) is 61.5 Å². The molecule has 1 aromatic carbocycles. The zero-order chi connectivity index (χ0) is 16.7. The molecular formula is C20H24ClN3. The van der Waals surface area contributed by atoms with Gasteiger partial charge in [0.05, 0.1) is 0 Å². The van der Waals surface area contributed by atoms with E-state index in [2.05, 4.69) is 23.8 Å². The van der Waals surface area contributed by atoms with Crippen LogP contribution in [0.15, 0.2) is 30.3 Å². The maximum atomic E-state index is 6.26. The van der Waals surface area contributed by atoms with Gasteiger partial charge in [-0.3, -0.25) is 0 Å². The minimum Gasteiger partial charge on any atom is -0.212 e. The number of benzene rings is 1. The van der Waals surface area contributed by atoms with E-state index >= 15 is 0 Å². The number of halogens is 1. The van der Waals surface area contributed by atoms with Crippen molar-refractivity contribution in [2.45, 2.75) is 51.4 Å². The minimum atomic E-state index is 0.0177. The summed E-state index contributed by atoms with van der Waals surface area (Å²) in [5, 5.41) is 0.309. The lowest BCUT2D eigenvalue weighted by molar-refractivity contribution is 0.0857. The standard InChI is InChI=1S/C20H24ClN3/c1-13-8-14-10-15(9-13)12-20(2,11-14)18-22-17(23-19(21)24-18)16-6-4-3-5-7-16/h3-7,13-15H,8-12H2,1-2H3. The van der Waals surface area contributed by atoms with E-state index < -0.39 is 0 Å². The molecule has 2 saturated carbocycles. The van der Waals surface area contributed by atoms with E-state index in [-0.39, 0.29) is 5.41 Å². The molecule has 2 bridgehead atoms. The summed E-state index contributed by atoms with van der Waals surface area (Å²) in [5.41, 5.74) is 1.01. The molecule has 0 saturated heterocycles. The van der Waals surface area contributed by atoms with Crippen LogP contribution in [0.1, 0.15) is 51.8 Å². The normalized spacial score (nSPS) is 32.5. The predicted octanol–water partition coefficient (Wildman–Crippen LogP) is 5.30. The van der Waals surface area contributed by atoms with Gasteiger partial charge in [0.15, 0.2) is 5.82 Å². The Labute approximate surface area is 148 Å². The van der Waals surface area contributed by atoms with Gasteiger partial charge in [-0.25, -0.2) is 9.97 Å². The molecule has 0 amide bonds. The Hall–Kier alpha value is -1.48. The van der Waals surface area contributed by atoms with E-state index in [4.69, 9.17) is 16.6 Å². The fraction of sp³-hybridized carbons (Fsp3) is 0.550. The zero-order valence-corrected chi connectivity index (χ0v) is 15.1. The molecule has 2 aliphatic carbocycles. The van der Waals surface area contributed by atoms with Crippen molar-refractivity contribution in [2.24, 2.45) is 17.8 Å². The molecule has 2 aromatic rings. The van der Waals surface area contributed by atoms with Crippen molar-refractivity contribution in [3.8, 4) is 11.4 Å². The van der Waals surface area contributed by atoms with Gasteiger partial charge in [-0.15, -0.1) is 0 Å². The van der Waals surface area contributed by atoms with Crippen LogP contribution >= 0.6 is 11.6 Å². The number of rotatable bonds is 2. The van der Waals surface area contributed by atoms with E-state index in [9.17, 15) is 0 Å². The lowest BCUT2D eigenvalue weighted by atomic mass is 9.59. The highest BCUT2D eigenvalue weighted by atomic mass is 35.5. The molecule has 1 heterocycles. The Balaban J connectivity index is 1.70. The van der Waals surface area contributed by atoms with Crippen molar-refractivity contribution >= 4 is 11.6 Å². The fourth-order valence-electron chi connectivity index (χ4n) is 5.11. The van der Waals surface area contributed by atoms with Gasteiger partial charge in [0.1, 0.15) is 5.82 Å². The summed E-state index contributed by atoms with van der Waals surface area (Å²) in [6.45, 7) is 4.72. The van der Waals surface area contributed by atoms with Crippen LogP contribution in [0.25, 0.3) is 11.4 Å². The third-order valence-electron chi connectivity index (χ3n) is 5.80. The highest BCUT2D eigenvalue weighted by Crippen LogP contribution is 2.50. The lowest BCUT2D eigenvalue weighted by Crippen LogP contribution is -2.40. The molecule has 126 valence electrons. The van der Waals surface area contributed by atoms with Gasteiger partial charge in [0, 0.05) is 11.0 Å². The highest BCUT2D eigenvalue weighted by Gasteiger charge is 2.43. The van der Waals surface area contributed by atoms with Crippen LogP contribution in [0.3, 0.4) is 0 Å². The Bertz CT molecular complexity index is 713. The number of aromatic nitrogens is 3. The maximum absolute atomic E-state index is 6.26. The Morgan fingerprint density at radius 1 is 0.958 bits per heavy atom. The van der Waals surface area contributed by atoms with Crippen LogP contribution in [-0.4, -0.2) is 15.0 Å². The summed E-state index contributed by atoms with van der Waals surface area (Å²) < 4.78 is 0. The molecule has 2 atom stereocenters. The molecule has 0 N–H and O–H groups in total. The lowest BCUT2D eigenvalue weighted by Gasteiger charge is -2.46. The molecule has 24 heavy (non-hydrogen) atoms. The number of hydrogen-bond acceptors (Lipinski definition) is 3. The third kappa shape index (κ3) is 3.06. The molecule has 2 aliphatic rings. The van der Waals surface area contributed by atoms with E-state index in [1.54, 1.807) is 0 Å². The van der Waals surface area contributed by atoms with Crippen LogP contribution < -0.4 is 0 Å². The second kappa shape index (κ2) is 6.11. The van der Waals surface area contributed by atoms with Gasteiger partial charge in [-0.2, -0.15) is 4.98 Å². The average Bonchev–Trinajstić information content (AvgIpc) is 2.54. The summed E-state index contributed by atoms with van der Waals surface area (Å²) in [6.07, 6.45) is 6.40. The fourth-order valence-corrected chi connectivity index (χ4v) is 5.27. The van der Waals surface area contributed by atoms with Crippen LogP contribution in [0, 0.1) is 17.8 Å². The molecular weight excluding hydrogens is 318 g/mol. The summed E-state index contributed by atoms with van der Waals surface area (Å²) in [6, 6.07) is 10.0. The predicted molar refractivity (Wildman–Crippen MR) is 96.9 cm³/mol. The van der Waals surface area contributed by atoms with Crippen LogP contribution in [0.4, 0.5) is 0 Å². The van der Waals surface area contributed by atoms with Gasteiger partial charge in [-0.1, -0.05) is 44.2 Å². The van der Waals surface area contributed by atoms with Crippen molar-refractivity contribution in [1.82, 2.24) is 15.0 Å². The maximum Gasteiger partial charge on any atom is 0.226 e. The zero-order valence-electron chi connectivity index (χ0n) is 14.4. The summed E-state index contributed by atoms with van der Waals surface area (Å²) in [7, 11) is 0. The van der Waals surface area contributed by atoms with Crippen LogP contribution in [-0.2, 0) is 5.41 Å². The molecule has 0 aliphatic heterocycles.